The van der Waals surface area contributed by atoms with Gasteiger partial charge in [0.1, 0.15) is 11.8 Å². The predicted molar refractivity (Wildman–Crippen MR) is 74.3 cm³/mol. The summed E-state index contributed by atoms with van der Waals surface area (Å²) in [4.78, 5) is 0. The highest BCUT2D eigenvalue weighted by Crippen LogP contribution is 2.26. The van der Waals surface area contributed by atoms with E-state index in [-0.39, 0.29) is 0 Å². The molecule has 1 aromatic carbocycles. The van der Waals surface area contributed by atoms with E-state index in [2.05, 4.69) is 27.2 Å². The summed E-state index contributed by atoms with van der Waals surface area (Å²) in [5.41, 5.74) is 2.66. The zero-order valence-corrected chi connectivity index (χ0v) is 10.9. The first kappa shape index (κ1) is 12.3. The van der Waals surface area contributed by atoms with Gasteiger partial charge in [0.2, 0.25) is 0 Å². The zero-order valence-electron chi connectivity index (χ0n) is 9.34. The van der Waals surface area contributed by atoms with E-state index in [1.54, 1.807) is 18.2 Å². The van der Waals surface area contributed by atoms with Gasteiger partial charge in [-0.25, -0.2) is 0 Å². The Hall–Kier alpha value is -2.12. The van der Waals surface area contributed by atoms with Gasteiger partial charge >= 0.3 is 0 Å². The summed E-state index contributed by atoms with van der Waals surface area (Å²) in [5.74, 6) is 0. The number of hydrogen-bond donors (Lipinski definition) is 1. The topological polar surface area (TPSA) is 56.4 Å². The van der Waals surface area contributed by atoms with Crippen LogP contribution in [0, 0.1) is 11.3 Å². The smallest absolute Gasteiger partial charge is 0.116 e. The molecule has 0 aromatic heterocycles. The number of oxime groups is 1. The minimum Gasteiger partial charge on any atom is -0.410 e. The van der Waals surface area contributed by atoms with Crippen LogP contribution in [0.4, 0.5) is 0 Å². The van der Waals surface area contributed by atoms with E-state index in [1.165, 1.54) is 0 Å². The summed E-state index contributed by atoms with van der Waals surface area (Å²) in [6.07, 6.45) is 5.17. The molecule has 2 rings (SSSR count). The van der Waals surface area contributed by atoms with Crippen LogP contribution in [-0.2, 0) is 0 Å². The molecule has 0 spiro atoms. The van der Waals surface area contributed by atoms with E-state index >= 15 is 0 Å². The van der Waals surface area contributed by atoms with Gasteiger partial charge in [0.15, 0.2) is 0 Å². The third-order valence-electron chi connectivity index (χ3n) is 2.52. The molecule has 1 aromatic rings. The van der Waals surface area contributed by atoms with E-state index < -0.39 is 0 Å². The lowest BCUT2D eigenvalue weighted by molar-refractivity contribution is 0.320. The summed E-state index contributed by atoms with van der Waals surface area (Å²) in [6, 6.07) is 11.7. The van der Waals surface area contributed by atoms with Crippen molar-refractivity contribution < 1.29 is 5.21 Å². The van der Waals surface area contributed by atoms with Crippen LogP contribution in [0.15, 0.2) is 63.8 Å². The fourth-order valence-corrected chi connectivity index (χ4v) is 2.10. The molecular formula is C14H9BrN2O. The number of nitrogens with zero attached hydrogens (tertiary/aromatic N) is 2. The normalized spacial score (nSPS) is 19.3. The molecule has 0 fully saturated rings. The number of halogens is 1. The Kier molecular flexibility index (Phi) is 3.75. The molecular weight excluding hydrogens is 292 g/mol. The zero-order chi connectivity index (χ0) is 13.0. The Bertz CT molecular complexity index is 619. The molecule has 1 N–H and O–H groups in total. The van der Waals surface area contributed by atoms with Crippen molar-refractivity contribution in [1.82, 2.24) is 0 Å². The van der Waals surface area contributed by atoms with Gasteiger partial charge in [-0.3, -0.25) is 0 Å². The molecule has 0 unspecified atom stereocenters. The monoisotopic (exact) mass is 300 g/mol. The second kappa shape index (κ2) is 5.48. The van der Waals surface area contributed by atoms with E-state index in [0.717, 1.165) is 11.1 Å². The van der Waals surface area contributed by atoms with Gasteiger partial charge in [-0.1, -0.05) is 41.6 Å². The molecule has 18 heavy (non-hydrogen) atoms. The lowest BCUT2D eigenvalue weighted by Crippen LogP contribution is -2.00. The number of benzene rings is 1. The second-order valence-electron chi connectivity index (χ2n) is 3.62. The first-order valence-electron chi connectivity index (χ1n) is 5.23. The third-order valence-corrected chi connectivity index (χ3v) is 3.15. The molecule has 3 nitrogen and oxygen atoms in total. The van der Waals surface area contributed by atoms with Crippen molar-refractivity contribution in [2.45, 2.75) is 0 Å². The van der Waals surface area contributed by atoms with Gasteiger partial charge < -0.3 is 5.21 Å². The maximum absolute atomic E-state index is 9.28. The van der Waals surface area contributed by atoms with Crippen molar-refractivity contribution in [2.75, 3.05) is 0 Å². The summed E-state index contributed by atoms with van der Waals surface area (Å²) in [7, 11) is 0. The highest BCUT2D eigenvalue weighted by atomic mass is 79.9. The number of nitriles is 1. The second-order valence-corrected chi connectivity index (χ2v) is 4.47. The Morgan fingerprint density at radius 1 is 1.22 bits per heavy atom. The van der Waals surface area contributed by atoms with Crippen LogP contribution < -0.4 is 0 Å². The summed E-state index contributed by atoms with van der Waals surface area (Å²) < 4.78 is 0.645. The molecule has 4 heteroatoms. The molecule has 0 atom stereocenters. The van der Waals surface area contributed by atoms with Gasteiger partial charge in [-0.2, -0.15) is 5.26 Å². The Morgan fingerprint density at radius 3 is 2.50 bits per heavy atom. The van der Waals surface area contributed by atoms with Crippen molar-refractivity contribution in [2.24, 2.45) is 5.16 Å². The van der Waals surface area contributed by atoms with E-state index in [4.69, 9.17) is 5.21 Å². The lowest BCUT2D eigenvalue weighted by Gasteiger charge is -2.08. The van der Waals surface area contributed by atoms with E-state index in [9.17, 15) is 5.26 Å². The fourth-order valence-electron chi connectivity index (χ4n) is 1.64. The number of allylic oxidation sites excluding steroid dienone is 6. The van der Waals surface area contributed by atoms with E-state index in [0.29, 0.717) is 15.8 Å². The standard InChI is InChI=1S/C14H9BrN2O/c15-13-8-11(6-7-14(13)17-18)12(9-16)10-4-2-1-3-5-10/h1-8,18H/b12-11+,17-14-. The van der Waals surface area contributed by atoms with Crippen molar-refractivity contribution in [1.29, 1.82) is 5.26 Å². The molecule has 0 heterocycles. The highest BCUT2D eigenvalue weighted by molar-refractivity contribution is 9.12. The predicted octanol–water partition coefficient (Wildman–Crippen LogP) is 3.64. The third kappa shape index (κ3) is 2.41. The maximum atomic E-state index is 9.28. The minimum atomic E-state index is 0.434. The molecule has 88 valence electrons. The SMILES string of the molecule is N#C/C(=C1C=C/C(=N/O)C(Br)=C/1)c1ccccc1. The van der Waals surface area contributed by atoms with Crippen molar-refractivity contribution in [3.8, 4) is 6.07 Å². The first-order valence-corrected chi connectivity index (χ1v) is 6.03. The van der Waals surface area contributed by atoms with Crippen molar-refractivity contribution in [3.63, 3.8) is 0 Å². The average molecular weight is 301 g/mol. The van der Waals surface area contributed by atoms with Gasteiger partial charge in [-0.05, 0) is 39.2 Å². The average Bonchev–Trinajstić information content (AvgIpc) is 2.41. The van der Waals surface area contributed by atoms with Gasteiger partial charge in [0.05, 0.1) is 5.57 Å². The van der Waals surface area contributed by atoms with Crippen molar-refractivity contribution in [3.05, 3.63) is 64.2 Å². The molecule has 1 aliphatic carbocycles. The van der Waals surface area contributed by atoms with Gasteiger partial charge in [0, 0.05) is 4.48 Å². The fraction of sp³-hybridized carbons (Fsp3) is 0. The largest absolute Gasteiger partial charge is 0.410 e. The Balaban J connectivity index is 2.52. The highest BCUT2D eigenvalue weighted by Gasteiger charge is 2.12. The molecule has 0 saturated heterocycles. The first-order chi connectivity index (χ1) is 8.76. The van der Waals surface area contributed by atoms with Crippen LogP contribution in [0.25, 0.3) is 5.57 Å². The molecule has 1 aliphatic rings. The van der Waals surface area contributed by atoms with Crippen molar-refractivity contribution >= 4 is 27.2 Å². The van der Waals surface area contributed by atoms with Crippen LogP contribution in [-0.4, -0.2) is 10.9 Å². The van der Waals surface area contributed by atoms with Gasteiger partial charge in [-0.15, -0.1) is 0 Å². The Morgan fingerprint density at radius 2 is 1.94 bits per heavy atom. The molecule has 0 aliphatic heterocycles. The van der Waals surface area contributed by atoms with Crippen LogP contribution in [0.3, 0.4) is 0 Å². The minimum absolute atomic E-state index is 0.434. The molecule has 0 bridgehead atoms. The molecule has 0 saturated carbocycles. The Labute approximate surface area is 113 Å². The van der Waals surface area contributed by atoms with Crippen LogP contribution >= 0.6 is 15.9 Å². The lowest BCUT2D eigenvalue weighted by atomic mass is 9.97. The van der Waals surface area contributed by atoms with E-state index in [1.807, 2.05) is 30.3 Å². The number of hydrogen-bond acceptors (Lipinski definition) is 3. The summed E-state index contributed by atoms with van der Waals surface area (Å²) >= 11 is 3.30. The molecule has 0 radical (unpaired) electrons. The maximum Gasteiger partial charge on any atom is 0.116 e. The summed E-state index contributed by atoms with van der Waals surface area (Å²) in [5, 5.41) is 21.2. The molecule has 0 amide bonds. The van der Waals surface area contributed by atoms with Crippen LogP contribution in [0.2, 0.25) is 0 Å². The summed E-state index contributed by atoms with van der Waals surface area (Å²) in [6.45, 7) is 0. The quantitative estimate of drug-likeness (QED) is 0.489. The van der Waals surface area contributed by atoms with Gasteiger partial charge in [0.25, 0.3) is 0 Å². The van der Waals surface area contributed by atoms with Crippen LogP contribution in [0.1, 0.15) is 5.56 Å². The number of rotatable bonds is 1. The van der Waals surface area contributed by atoms with Crippen LogP contribution in [0.5, 0.6) is 0 Å².